The second-order valence-electron chi connectivity index (χ2n) is 3.45. The van der Waals surface area contributed by atoms with Gasteiger partial charge in [0.2, 0.25) is 0 Å². The zero-order valence-electron chi connectivity index (χ0n) is 9.21. The Morgan fingerprint density at radius 2 is 1.89 bits per heavy atom. The maximum absolute atomic E-state index is 12.1. The van der Waals surface area contributed by atoms with Gasteiger partial charge in [0.25, 0.3) is 0 Å². The molecule has 4 N–H and O–H groups in total. The van der Waals surface area contributed by atoms with E-state index in [1.807, 2.05) is 0 Å². The molecular weight excluding hydrogens is 336 g/mol. The van der Waals surface area contributed by atoms with E-state index in [4.69, 9.17) is 11.5 Å². The second-order valence-corrected chi connectivity index (χ2v) is 4.37. The Bertz CT molecular complexity index is 390. The van der Waals surface area contributed by atoms with Crippen molar-refractivity contribution in [1.29, 1.82) is 0 Å². The van der Waals surface area contributed by atoms with Gasteiger partial charge in [0.15, 0.2) is 0 Å². The molecule has 1 rings (SSSR count). The average molecular weight is 350 g/mol. The topological polar surface area (TPSA) is 61.3 Å². The van der Waals surface area contributed by atoms with Gasteiger partial charge < -0.3 is 16.2 Å². The Morgan fingerprint density at radius 3 is 2.39 bits per heavy atom. The van der Waals surface area contributed by atoms with E-state index in [0.717, 1.165) is 0 Å². The molecule has 3 nitrogen and oxygen atoms in total. The molecule has 0 fully saturated rings. The highest BCUT2D eigenvalue weighted by molar-refractivity contribution is 9.10. The molecule has 0 spiro atoms. The summed E-state index contributed by atoms with van der Waals surface area (Å²) in [5.74, 6) is -0.297. The molecule has 0 aliphatic carbocycles. The molecule has 0 amide bonds. The monoisotopic (exact) mass is 348 g/mol. The lowest BCUT2D eigenvalue weighted by atomic mass is 10.0. The van der Waals surface area contributed by atoms with Crippen LogP contribution in [0.5, 0.6) is 5.75 Å². The summed E-state index contributed by atoms with van der Waals surface area (Å²) in [4.78, 5) is 0. The van der Waals surface area contributed by atoms with Gasteiger partial charge in [0.05, 0.1) is 0 Å². The van der Waals surface area contributed by atoms with Gasteiger partial charge in [-0.25, -0.2) is 0 Å². The molecule has 0 bridgehead atoms. The lowest BCUT2D eigenvalue weighted by molar-refractivity contribution is -0.274. The highest BCUT2D eigenvalue weighted by Crippen LogP contribution is 2.29. The molecule has 1 atom stereocenters. The van der Waals surface area contributed by atoms with Crippen LogP contribution in [0.4, 0.5) is 13.2 Å². The largest absolute Gasteiger partial charge is 0.573 e. The summed E-state index contributed by atoms with van der Waals surface area (Å²) < 4.78 is 40.5. The van der Waals surface area contributed by atoms with Crippen LogP contribution >= 0.6 is 28.3 Å². The van der Waals surface area contributed by atoms with Crippen LogP contribution < -0.4 is 16.2 Å². The van der Waals surface area contributed by atoms with Gasteiger partial charge in [-0.3, -0.25) is 0 Å². The van der Waals surface area contributed by atoms with E-state index < -0.39 is 12.4 Å². The number of nitrogens with two attached hydrogens (primary N) is 2. The van der Waals surface area contributed by atoms with Crippen molar-refractivity contribution in [3.8, 4) is 5.75 Å². The molecule has 18 heavy (non-hydrogen) atoms. The Labute approximate surface area is 117 Å². The summed E-state index contributed by atoms with van der Waals surface area (Å²) in [5.41, 5.74) is 11.7. The third kappa shape index (κ3) is 5.90. The molecule has 0 saturated carbocycles. The smallest absolute Gasteiger partial charge is 0.406 e. The van der Waals surface area contributed by atoms with Crippen molar-refractivity contribution >= 4 is 28.3 Å². The van der Waals surface area contributed by atoms with Crippen LogP contribution in [-0.4, -0.2) is 12.9 Å². The van der Waals surface area contributed by atoms with E-state index in [1.54, 1.807) is 6.07 Å². The van der Waals surface area contributed by atoms with Crippen molar-refractivity contribution in [2.75, 3.05) is 6.54 Å². The lowest BCUT2D eigenvalue weighted by Crippen LogP contribution is -2.18. The third-order valence-corrected chi connectivity index (χ3v) is 2.49. The molecule has 8 heteroatoms. The Morgan fingerprint density at radius 1 is 1.28 bits per heavy atom. The first-order valence-corrected chi connectivity index (χ1v) is 5.63. The minimum Gasteiger partial charge on any atom is -0.406 e. The van der Waals surface area contributed by atoms with Crippen LogP contribution in [0.25, 0.3) is 0 Å². The van der Waals surface area contributed by atoms with Gasteiger partial charge in [-0.1, -0.05) is 15.9 Å². The minimum absolute atomic E-state index is 0. The van der Waals surface area contributed by atoms with E-state index in [-0.39, 0.29) is 18.2 Å². The number of alkyl halides is 3. The summed E-state index contributed by atoms with van der Waals surface area (Å²) in [6.45, 7) is 0.364. The number of rotatable bonds is 4. The third-order valence-electron chi connectivity index (χ3n) is 2.03. The fraction of sp³-hybridized carbons (Fsp3) is 0.400. The summed E-state index contributed by atoms with van der Waals surface area (Å²) in [6, 6.07) is 3.72. The fourth-order valence-corrected chi connectivity index (χ4v) is 1.83. The van der Waals surface area contributed by atoms with Gasteiger partial charge in [0, 0.05) is 10.5 Å². The van der Waals surface area contributed by atoms with E-state index >= 15 is 0 Å². The van der Waals surface area contributed by atoms with Crippen LogP contribution in [0, 0.1) is 0 Å². The second kappa shape index (κ2) is 7.18. The molecule has 0 heterocycles. The Balaban J connectivity index is 0.00000289. The number of benzene rings is 1. The molecule has 1 aromatic carbocycles. The van der Waals surface area contributed by atoms with Crippen LogP contribution in [0.15, 0.2) is 22.7 Å². The maximum atomic E-state index is 12.1. The Kier molecular flexibility index (Phi) is 6.98. The van der Waals surface area contributed by atoms with Crippen molar-refractivity contribution in [3.63, 3.8) is 0 Å². The van der Waals surface area contributed by atoms with Gasteiger partial charge in [0.1, 0.15) is 5.75 Å². The molecular formula is C10H13BrClF3N2O. The van der Waals surface area contributed by atoms with E-state index in [1.165, 1.54) is 12.1 Å². The van der Waals surface area contributed by atoms with Crippen molar-refractivity contribution in [3.05, 3.63) is 28.2 Å². The van der Waals surface area contributed by atoms with Gasteiger partial charge in [-0.05, 0) is 36.7 Å². The normalized spacial score (nSPS) is 12.8. The quantitative estimate of drug-likeness (QED) is 0.878. The average Bonchev–Trinajstić information content (AvgIpc) is 2.14. The first-order valence-electron chi connectivity index (χ1n) is 4.83. The summed E-state index contributed by atoms with van der Waals surface area (Å²) in [5, 5.41) is 0. The summed E-state index contributed by atoms with van der Waals surface area (Å²) >= 11 is 3.11. The first kappa shape index (κ1) is 17.5. The standard InChI is InChI=1S/C10H12BrF3N2O.ClH/c11-7-3-6(9(16)1-2-15)4-8(5-7)17-10(12,13)14;/h3-5,9H,1-2,15-16H2;1H/t9-;/m1./s1. The molecule has 0 aliphatic heterocycles. The van der Waals surface area contributed by atoms with Crippen molar-refractivity contribution in [1.82, 2.24) is 0 Å². The van der Waals surface area contributed by atoms with E-state index in [0.29, 0.717) is 23.0 Å². The van der Waals surface area contributed by atoms with E-state index in [2.05, 4.69) is 20.7 Å². The zero-order chi connectivity index (χ0) is 13.1. The van der Waals surface area contributed by atoms with Crippen LogP contribution in [0.3, 0.4) is 0 Å². The first-order chi connectivity index (χ1) is 7.81. The zero-order valence-corrected chi connectivity index (χ0v) is 11.6. The molecule has 0 radical (unpaired) electrons. The molecule has 0 aliphatic rings. The maximum Gasteiger partial charge on any atom is 0.573 e. The minimum atomic E-state index is -4.71. The number of ether oxygens (including phenoxy) is 1. The Hall–Kier alpha value is -0.500. The number of hydrogen-bond donors (Lipinski definition) is 2. The molecule has 0 unspecified atom stereocenters. The van der Waals surface area contributed by atoms with Crippen LogP contribution in [-0.2, 0) is 0 Å². The van der Waals surface area contributed by atoms with Crippen molar-refractivity contribution < 1.29 is 17.9 Å². The fourth-order valence-electron chi connectivity index (χ4n) is 1.34. The van der Waals surface area contributed by atoms with Crippen LogP contribution in [0.1, 0.15) is 18.0 Å². The van der Waals surface area contributed by atoms with Gasteiger partial charge in [-0.2, -0.15) is 0 Å². The highest BCUT2D eigenvalue weighted by Gasteiger charge is 2.31. The van der Waals surface area contributed by atoms with Gasteiger partial charge >= 0.3 is 6.36 Å². The van der Waals surface area contributed by atoms with Crippen LogP contribution in [0.2, 0.25) is 0 Å². The van der Waals surface area contributed by atoms with Crippen molar-refractivity contribution in [2.45, 2.75) is 18.8 Å². The SMILES string of the molecule is Cl.NCC[C@@H](N)c1cc(Br)cc(OC(F)(F)F)c1. The highest BCUT2D eigenvalue weighted by atomic mass is 79.9. The molecule has 0 aromatic heterocycles. The van der Waals surface area contributed by atoms with E-state index in [9.17, 15) is 13.2 Å². The van der Waals surface area contributed by atoms with Crippen molar-refractivity contribution in [2.24, 2.45) is 11.5 Å². The van der Waals surface area contributed by atoms with Gasteiger partial charge in [-0.15, -0.1) is 25.6 Å². The number of hydrogen-bond acceptors (Lipinski definition) is 3. The molecule has 0 saturated heterocycles. The summed E-state index contributed by atoms with van der Waals surface area (Å²) in [6.07, 6.45) is -4.22. The predicted octanol–water partition coefficient (Wildman–Crippen LogP) is 3.12. The summed E-state index contributed by atoms with van der Waals surface area (Å²) in [7, 11) is 0. The number of halogens is 5. The predicted molar refractivity (Wildman–Crippen MR) is 68.7 cm³/mol. The molecule has 1 aromatic rings. The molecule has 104 valence electrons. The lowest BCUT2D eigenvalue weighted by Gasteiger charge is -2.14.